The Hall–Kier alpha value is -0.120. The SMILES string of the molecule is CCCCC(CC)CNCCC(N)N. The fourth-order valence-corrected chi connectivity index (χ4v) is 1.52. The van der Waals surface area contributed by atoms with Crippen molar-refractivity contribution in [1.82, 2.24) is 5.32 Å². The van der Waals surface area contributed by atoms with Crippen LogP contribution >= 0.6 is 0 Å². The zero-order valence-corrected chi connectivity index (χ0v) is 9.76. The maximum atomic E-state index is 5.46. The van der Waals surface area contributed by atoms with E-state index in [4.69, 9.17) is 11.5 Å². The lowest BCUT2D eigenvalue weighted by molar-refractivity contribution is 0.414. The lowest BCUT2D eigenvalue weighted by atomic mass is 9.99. The zero-order valence-electron chi connectivity index (χ0n) is 9.76. The molecule has 1 unspecified atom stereocenters. The molecule has 0 aliphatic carbocycles. The topological polar surface area (TPSA) is 64.1 Å². The summed E-state index contributed by atoms with van der Waals surface area (Å²) in [7, 11) is 0. The van der Waals surface area contributed by atoms with Gasteiger partial charge in [-0.3, -0.25) is 0 Å². The Morgan fingerprint density at radius 1 is 1.14 bits per heavy atom. The van der Waals surface area contributed by atoms with Gasteiger partial charge in [-0.1, -0.05) is 33.1 Å². The Labute approximate surface area is 88.6 Å². The minimum absolute atomic E-state index is 0.168. The number of unbranched alkanes of at least 4 members (excludes halogenated alkanes) is 1. The highest BCUT2D eigenvalue weighted by atomic mass is 14.9. The molecule has 0 fully saturated rings. The summed E-state index contributed by atoms with van der Waals surface area (Å²) in [6, 6.07) is 0. The van der Waals surface area contributed by atoms with Crippen LogP contribution in [0.4, 0.5) is 0 Å². The standard InChI is InChI=1S/C11H27N3/c1-3-5-6-10(4-2)9-14-8-7-11(12)13/h10-11,14H,3-9,12-13H2,1-2H3. The smallest absolute Gasteiger partial charge is 0.0533 e. The molecule has 3 nitrogen and oxygen atoms in total. The van der Waals surface area contributed by atoms with E-state index in [1.807, 2.05) is 0 Å². The van der Waals surface area contributed by atoms with E-state index >= 15 is 0 Å². The molecule has 0 aromatic carbocycles. The summed E-state index contributed by atoms with van der Waals surface area (Å²) < 4.78 is 0. The number of rotatable bonds is 9. The highest BCUT2D eigenvalue weighted by molar-refractivity contribution is 4.62. The third-order valence-corrected chi connectivity index (χ3v) is 2.63. The van der Waals surface area contributed by atoms with E-state index in [9.17, 15) is 0 Å². The Morgan fingerprint density at radius 3 is 2.36 bits per heavy atom. The van der Waals surface area contributed by atoms with Gasteiger partial charge < -0.3 is 16.8 Å². The first-order valence-electron chi connectivity index (χ1n) is 5.92. The predicted molar refractivity (Wildman–Crippen MR) is 63.0 cm³/mol. The minimum atomic E-state index is -0.168. The van der Waals surface area contributed by atoms with Crippen molar-refractivity contribution < 1.29 is 0 Å². The van der Waals surface area contributed by atoms with Crippen molar-refractivity contribution in [3.05, 3.63) is 0 Å². The molecule has 86 valence electrons. The van der Waals surface area contributed by atoms with Gasteiger partial charge in [0.15, 0.2) is 0 Å². The van der Waals surface area contributed by atoms with Gasteiger partial charge in [0.1, 0.15) is 0 Å². The molecule has 0 saturated carbocycles. The number of hydrogen-bond acceptors (Lipinski definition) is 3. The molecule has 0 bridgehead atoms. The van der Waals surface area contributed by atoms with E-state index in [0.717, 1.165) is 25.4 Å². The van der Waals surface area contributed by atoms with Crippen molar-refractivity contribution in [2.24, 2.45) is 17.4 Å². The van der Waals surface area contributed by atoms with Crippen LogP contribution in [0.5, 0.6) is 0 Å². The number of hydrogen-bond donors (Lipinski definition) is 3. The molecule has 5 N–H and O–H groups in total. The summed E-state index contributed by atoms with van der Waals surface area (Å²) in [4.78, 5) is 0. The largest absolute Gasteiger partial charge is 0.316 e. The average Bonchev–Trinajstić information content (AvgIpc) is 2.16. The third-order valence-electron chi connectivity index (χ3n) is 2.63. The number of nitrogens with two attached hydrogens (primary N) is 2. The van der Waals surface area contributed by atoms with Gasteiger partial charge in [-0.2, -0.15) is 0 Å². The van der Waals surface area contributed by atoms with Crippen LogP contribution in [-0.2, 0) is 0 Å². The van der Waals surface area contributed by atoms with Crippen LogP contribution in [-0.4, -0.2) is 19.3 Å². The van der Waals surface area contributed by atoms with E-state index in [0.29, 0.717) is 0 Å². The maximum absolute atomic E-state index is 5.46. The van der Waals surface area contributed by atoms with Crippen LogP contribution in [0.15, 0.2) is 0 Å². The van der Waals surface area contributed by atoms with E-state index in [2.05, 4.69) is 19.2 Å². The van der Waals surface area contributed by atoms with E-state index in [1.54, 1.807) is 0 Å². The molecule has 0 aromatic heterocycles. The van der Waals surface area contributed by atoms with Crippen molar-refractivity contribution >= 4 is 0 Å². The van der Waals surface area contributed by atoms with Crippen molar-refractivity contribution in [1.29, 1.82) is 0 Å². The monoisotopic (exact) mass is 201 g/mol. The molecule has 0 spiro atoms. The van der Waals surface area contributed by atoms with Gasteiger partial charge in [-0.25, -0.2) is 0 Å². The van der Waals surface area contributed by atoms with Gasteiger partial charge in [0, 0.05) is 0 Å². The van der Waals surface area contributed by atoms with E-state index in [-0.39, 0.29) is 6.17 Å². The lowest BCUT2D eigenvalue weighted by Gasteiger charge is -2.15. The molecule has 0 rings (SSSR count). The van der Waals surface area contributed by atoms with Crippen LogP contribution in [0.2, 0.25) is 0 Å². The van der Waals surface area contributed by atoms with E-state index in [1.165, 1.54) is 25.7 Å². The highest BCUT2D eigenvalue weighted by Crippen LogP contribution is 2.10. The summed E-state index contributed by atoms with van der Waals surface area (Å²) in [6.07, 6.45) is 5.94. The maximum Gasteiger partial charge on any atom is 0.0533 e. The van der Waals surface area contributed by atoms with Crippen LogP contribution in [0.25, 0.3) is 0 Å². The Morgan fingerprint density at radius 2 is 1.86 bits per heavy atom. The van der Waals surface area contributed by atoms with Crippen molar-refractivity contribution in [3.63, 3.8) is 0 Å². The summed E-state index contributed by atoms with van der Waals surface area (Å²) in [6.45, 7) is 6.56. The fourth-order valence-electron chi connectivity index (χ4n) is 1.52. The van der Waals surface area contributed by atoms with Crippen molar-refractivity contribution in [2.45, 2.75) is 52.1 Å². The number of nitrogens with one attached hydrogen (secondary N) is 1. The highest BCUT2D eigenvalue weighted by Gasteiger charge is 2.04. The Balaban J connectivity index is 3.33. The second-order valence-electron chi connectivity index (χ2n) is 4.07. The summed E-state index contributed by atoms with van der Waals surface area (Å²) in [5.74, 6) is 0.823. The molecule has 0 radical (unpaired) electrons. The second kappa shape index (κ2) is 9.44. The first-order chi connectivity index (χ1) is 6.70. The molecule has 0 aliphatic rings. The van der Waals surface area contributed by atoms with Crippen molar-refractivity contribution in [3.8, 4) is 0 Å². The molecule has 1 atom stereocenters. The van der Waals surface area contributed by atoms with Crippen molar-refractivity contribution in [2.75, 3.05) is 13.1 Å². The summed E-state index contributed by atoms with van der Waals surface area (Å²) in [5, 5.41) is 3.42. The molecular weight excluding hydrogens is 174 g/mol. The first kappa shape index (κ1) is 13.9. The normalized spacial score (nSPS) is 13.5. The molecular formula is C11H27N3. The van der Waals surface area contributed by atoms with Crippen LogP contribution < -0.4 is 16.8 Å². The lowest BCUT2D eigenvalue weighted by Crippen LogP contribution is -2.35. The van der Waals surface area contributed by atoms with E-state index < -0.39 is 0 Å². The summed E-state index contributed by atoms with van der Waals surface area (Å²) in [5.41, 5.74) is 10.9. The molecule has 0 aromatic rings. The summed E-state index contributed by atoms with van der Waals surface area (Å²) >= 11 is 0. The molecule has 14 heavy (non-hydrogen) atoms. The Kier molecular flexibility index (Phi) is 9.35. The molecule has 3 heteroatoms. The van der Waals surface area contributed by atoms with Gasteiger partial charge in [0.2, 0.25) is 0 Å². The van der Waals surface area contributed by atoms with Crippen LogP contribution in [0.1, 0.15) is 46.0 Å². The van der Waals surface area contributed by atoms with Gasteiger partial charge in [0.05, 0.1) is 6.17 Å². The second-order valence-corrected chi connectivity index (χ2v) is 4.07. The molecule has 0 saturated heterocycles. The molecule has 0 heterocycles. The minimum Gasteiger partial charge on any atom is -0.316 e. The Bertz CT molecular complexity index is 115. The van der Waals surface area contributed by atoms with Gasteiger partial charge in [-0.15, -0.1) is 0 Å². The molecule has 0 aliphatic heterocycles. The van der Waals surface area contributed by atoms with Crippen LogP contribution in [0, 0.1) is 5.92 Å². The zero-order chi connectivity index (χ0) is 10.8. The third kappa shape index (κ3) is 8.48. The van der Waals surface area contributed by atoms with Gasteiger partial charge >= 0.3 is 0 Å². The van der Waals surface area contributed by atoms with Gasteiger partial charge in [-0.05, 0) is 31.8 Å². The van der Waals surface area contributed by atoms with Crippen LogP contribution in [0.3, 0.4) is 0 Å². The van der Waals surface area contributed by atoms with Gasteiger partial charge in [0.25, 0.3) is 0 Å². The predicted octanol–water partition coefficient (Wildman–Crippen LogP) is 1.43. The average molecular weight is 201 g/mol. The quantitative estimate of drug-likeness (QED) is 0.390. The molecule has 0 amide bonds. The first-order valence-corrected chi connectivity index (χ1v) is 5.92. The fraction of sp³-hybridized carbons (Fsp3) is 1.00.